The minimum absolute atomic E-state index is 0.618. The van der Waals surface area contributed by atoms with Crippen LogP contribution in [0.2, 0.25) is 5.02 Å². The molecule has 1 aromatic heterocycles. The highest BCUT2D eigenvalue weighted by atomic mass is 35.5. The number of benzene rings is 1. The summed E-state index contributed by atoms with van der Waals surface area (Å²) >= 11 is 5.93. The number of anilines is 1. The molecule has 0 aliphatic heterocycles. The van der Waals surface area contributed by atoms with Crippen LogP contribution in [0, 0.1) is 0 Å². The fraction of sp³-hybridized carbons (Fsp3) is 0.467. The Morgan fingerprint density at radius 1 is 1.19 bits per heavy atom. The molecule has 0 N–H and O–H groups in total. The monoisotopic (exact) mass is 306 g/mol. The number of nitrogens with zero attached hydrogens (tertiary/aromatic N) is 4. The average Bonchev–Trinajstić information content (AvgIpc) is 3.20. The first kappa shape index (κ1) is 14.4. The van der Waals surface area contributed by atoms with Crippen molar-refractivity contribution in [1.29, 1.82) is 0 Å². The second-order valence-corrected chi connectivity index (χ2v) is 6.08. The van der Waals surface area contributed by atoms with Gasteiger partial charge in [0.05, 0.1) is 6.54 Å². The molecule has 1 heterocycles. The summed E-state index contributed by atoms with van der Waals surface area (Å²) < 4.78 is 5.33. The van der Waals surface area contributed by atoms with Crippen molar-refractivity contribution < 1.29 is 4.52 Å². The van der Waals surface area contributed by atoms with E-state index in [2.05, 4.69) is 27.2 Å². The molecule has 3 rings (SSSR count). The SMILES string of the molecule is CN(C)c1noc(CN(Cc2ccc(Cl)cc2)C2CC2)n1. The van der Waals surface area contributed by atoms with E-state index in [4.69, 9.17) is 16.1 Å². The van der Waals surface area contributed by atoms with Gasteiger partial charge in [-0.05, 0) is 35.7 Å². The van der Waals surface area contributed by atoms with E-state index in [-0.39, 0.29) is 0 Å². The Kier molecular flexibility index (Phi) is 4.12. The predicted octanol–water partition coefficient (Wildman–Crippen LogP) is 2.95. The molecule has 1 aliphatic carbocycles. The minimum Gasteiger partial charge on any atom is -0.344 e. The summed E-state index contributed by atoms with van der Waals surface area (Å²) in [7, 11) is 3.81. The molecule has 0 spiro atoms. The van der Waals surface area contributed by atoms with Crippen LogP contribution >= 0.6 is 11.6 Å². The highest BCUT2D eigenvalue weighted by molar-refractivity contribution is 6.30. The van der Waals surface area contributed by atoms with E-state index in [0.717, 1.165) is 11.6 Å². The molecule has 0 atom stereocenters. The molecule has 1 fully saturated rings. The zero-order valence-electron chi connectivity index (χ0n) is 12.3. The summed E-state index contributed by atoms with van der Waals surface area (Å²) in [6, 6.07) is 8.61. The van der Waals surface area contributed by atoms with Gasteiger partial charge in [-0.3, -0.25) is 4.90 Å². The Morgan fingerprint density at radius 2 is 1.90 bits per heavy atom. The van der Waals surface area contributed by atoms with Gasteiger partial charge in [0.2, 0.25) is 5.89 Å². The number of halogens is 1. The van der Waals surface area contributed by atoms with Crippen LogP contribution in [0.3, 0.4) is 0 Å². The van der Waals surface area contributed by atoms with Gasteiger partial charge >= 0.3 is 0 Å². The summed E-state index contributed by atoms with van der Waals surface area (Å²) in [6.07, 6.45) is 2.48. The third-order valence-electron chi connectivity index (χ3n) is 3.56. The minimum atomic E-state index is 0.618. The van der Waals surface area contributed by atoms with E-state index in [0.29, 0.717) is 24.4 Å². The van der Waals surface area contributed by atoms with Gasteiger partial charge in [-0.25, -0.2) is 0 Å². The smallest absolute Gasteiger partial charge is 0.265 e. The molecule has 1 aliphatic rings. The average molecular weight is 307 g/mol. The van der Waals surface area contributed by atoms with Gasteiger partial charge in [0, 0.05) is 31.7 Å². The second kappa shape index (κ2) is 6.03. The molecule has 112 valence electrons. The first-order valence-electron chi connectivity index (χ1n) is 7.10. The third kappa shape index (κ3) is 3.74. The maximum Gasteiger partial charge on any atom is 0.265 e. The number of rotatable bonds is 6. The first-order valence-corrected chi connectivity index (χ1v) is 7.48. The summed E-state index contributed by atoms with van der Waals surface area (Å²) in [4.78, 5) is 8.63. The van der Waals surface area contributed by atoms with E-state index in [1.807, 2.05) is 31.1 Å². The van der Waals surface area contributed by atoms with Crippen molar-refractivity contribution in [2.75, 3.05) is 19.0 Å². The second-order valence-electron chi connectivity index (χ2n) is 5.65. The van der Waals surface area contributed by atoms with Crippen LogP contribution in [0.15, 0.2) is 28.8 Å². The van der Waals surface area contributed by atoms with Crippen LogP contribution in [0.5, 0.6) is 0 Å². The fourth-order valence-corrected chi connectivity index (χ4v) is 2.37. The molecular formula is C15H19ClN4O. The van der Waals surface area contributed by atoms with Crippen molar-refractivity contribution in [3.8, 4) is 0 Å². The van der Waals surface area contributed by atoms with Crippen LogP contribution in [0.25, 0.3) is 0 Å². The molecule has 0 radical (unpaired) electrons. The Labute approximate surface area is 129 Å². The van der Waals surface area contributed by atoms with Crippen LogP contribution < -0.4 is 4.90 Å². The maximum absolute atomic E-state index is 5.93. The lowest BCUT2D eigenvalue weighted by Crippen LogP contribution is -2.25. The lowest BCUT2D eigenvalue weighted by molar-refractivity contribution is 0.209. The van der Waals surface area contributed by atoms with Crippen molar-refractivity contribution in [3.05, 3.63) is 40.7 Å². The van der Waals surface area contributed by atoms with Gasteiger partial charge < -0.3 is 9.42 Å². The molecule has 0 amide bonds. The molecular weight excluding hydrogens is 288 g/mol. The Hall–Kier alpha value is -1.59. The highest BCUT2D eigenvalue weighted by Gasteiger charge is 2.30. The zero-order valence-corrected chi connectivity index (χ0v) is 13.0. The van der Waals surface area contributed by atoms with Gasteiger partial charge in [0.1, 0.15) is 0 Å². The van der Waals surface area contributed by atoms with Crippen molar-refractivity contribution in [1.82, 2.24) is 15.0 Å². The number of hydrogen-bond donors (Lipinski definition) is 0. The summed E-state index contributed by atoms with van der Waals surface area (Å²) in [6.45, 7) is 1.57. The van der Waals surface area contributed by atoms with E-state index in [9.17, 15) is 0 Å². The fourth-order valence-electron chi connectivity index (χ4n) is 2.24. The van der Waals surface area contributed by atoms with Gasteiger partial charge in [0.25, 0.3) is 5.95 Å². The number of hydrogen-bond acceptors (Lipinski definition) is 5. The third-order valence-corrected chi connectivity index (χ3v) is 3.81. The van der Waals surface area contributed by atoms with Crippen LogP contribution in [-0.2, 0) is 13.1 Å². The lowest BCUT2D eigenvalue weighted by atomic mass is 10.2. The highest BCUT2D eigenvalue weighted by Crippen LogP contribution is 2.30. The quantitative estimate of drug-likeness (QED) is 0.821. The standard InChI is InChI=1S/C15H19ClN4O/c1-19(2)15-17-14(21-18-15)10-20(13-7-8-13)9-11-3-5-12(16)6-4-11/h3-6,13H,7-10H2,1-2H3. The Bertz CT molecular complexity index is 592. The van der Waals surface area contributed by atoms with E-state index in [1.54, 1.807) is 0 Å². The summed E-state index contributed by atoms with van der Waals surface area (Å²) in [5.41, 5.74) is 1.25. The van der Waals surface area contributed by atoms with E-state index >= 15 is 0 Å². The maximum atomic E-state index is 5.93. The molecule has 5 nitrogen and oxygen atoms in total. The lowest BCUT2D eigenvalue weighted by Gasteiger charge is -2.20. The molecule has 0 bridgehead atoms. The molecule has 6 heteroatoms. The van der Waals surface area contributed by atoms with Gasteiger partial charge in [0.15, 0.2) is 0 Å². The normalized spacial score (nSPS) is 14.7. The topological polar surface area (TPSA) is 45.4 Å². The molecule has 1 aromatic carbocycles. The Balaban J connectivity index is 1.68. The summed E-state index contributed by atoms with van der Waals surface area (Å²) in [5.74, 6) is 1.28. The first-order chi connectivity index (χ1) is 10.1. The number of aromatic nitrogens is 2. The van der Waals surface area contributed by atoms with E-state index in [1.165, 1.54) is 18.4 Å². The van der Waals surface area contributed by atoms with Crippen molar-refractivity contribution in [2.24, 2.45) is 0 Å². The largest absolute Gasteiger partial charge is 0.344 e. The zero-order chi connectivity index (χ0) is 14.8. The van der Waals surface area contributed by atoms with Crippen LogP contribution in [0.1, 0.15) is 24.3 Å². The molecule has 0 saturated heterocycles. The van der Waals surface area contributed by atoms with Gasteiger partial charge in [-0.15, -0.1) is 0 Å². The molecule has 21 heavy (non-hydrogen) atoms. The summed E-state index contributed by atoms with van der Waals surface area (Å²) in [5, 5.41) is 4.73. The predicted molar refractivity (Wildman–Crippen MR) is 82.3 cm³/mol. The van der Waals surface area contributed by atoms with Crippen LogP contribution in [-0.4, -0.2) is 35.2 Å². The van der Waals surface area contributed by atoms with Crippen molar-refractivity contribution in [2.45, 2.75) is 32.0 Å². The molecule has 1 saturated carbocycles. The van der Waals surface area contributed by atoms with Crippen molar-refractivity contribution >= 4 is 17.5 Å². The van der Waals surface area contributed by atoms with Gasteiger partial charge in [-0.1, -0.05) is 23.7 Å². The molecule has 0 unspecified atom stereocenters. The van der Waals surface area contributed by atoms with Crippen molar-refractivity contribution in [3.63, 3.8) is 0 Å². The van der Waals surface area contributed by atoms with E-state index < -0.39 is 0 Å². The Morgan fingerprint density at radius 3 is 2.48 bits per heavy atom. The van der Waals surface area contributed by atoms with Gasteiger partial charge in [-0.2, -0.15) is 4.98 Å². The van der Waals surface area contributed by atoms with Crippen LogP contribution in [0.4, 0.5) is 5.95 Å². The molecule has 2 aromatic rings.